The molecule has 0 bridgehead atoms. The molecule has 1 atom stereocenters. The van der Waals surface area contributed by atoms with E-state index in [0.29, 0.717) is 37.5 Å². The van der Waals surface area contributed by atoms with E-state index in [-0.39, 0.29) is 11.9 Å². The zero-order valence-electron chi connectivity index (χ0n) is 17.3. The van der Waals surface area contributed by atoms with Crippen molar-refractivity contribution in [3.8, 4) is 10.7 Å². The van der Waals surface area contributed by atoms with Crippen molar-refractivity contribution >= 4 is 28.8 Å². The van der Waals surface area contributed by atoms with Crippen LogP contribution in [0.1, 0.15) is 44.2 Å². The predicted molar refractivity (Wildman–Crippen MR) is 121 cm³/mol. The molecule has 2 heterocycles. The number of aryl methyl sites for hydroxylation is 1. The van der Waals surface area contributed by atoms with E-state index in [0.717, 1.165) is 28.6 Å². The highest BCUT2D eigenvalue weighted by molar-refractivity contribution is 7.13. The van der Waals surface area contributed by atoms with Gasteiger partial charge in [-0.2, -0.15) is 4.98 Å². The Balaban J connectivity index is 1.50. The van der Waals surface area contributed by atoms with Gasteiger partial charge in [-0.3, -0.25) is 9.69 Å². The van der Waals surface area contributed by atoms with Gasteiger partial charge in [-0.05, 0) is 42.6 Å². The summed E-state index contributed by atoms with van der Waals surface area (Å²) in [6.45, 7) is 6.51. The molecule has 3 aromatic rings. The van der Waals surface area contributed by atoms with Crippen molar-refractivity contribution in [1.29, 1.82) is 0 Å². The molecule has 0 aliphatic rings. The largest absolute Gasteiger partial charge is 0.354 e. The number of carbonyl (C=O) groups excluding carboxylic acids is 1. The number of halogens is 1. The maximum atomic E-state index is 12.4. The maximum Gasteiger partial charge on any atom is 0.226 e. The maximum absolute atomic E-state index is 12.4. The van der Waals surface area contributed by atoms with E-state index in [2.05, 4.69) is 34.2 Å². The number of amides is 1. The Morgan fingerprint density at radius 3 is 2.73 bits per heavy atom. The lowest BCUT2D eigenvalue weighted by Gasteiger charge is -2.31. The van der Waals surface area contributed by atoms with E-state index in [9.17, 15) is 4.79 Å². The van der Waals surface area contributed by atoms with Crippen LogP contribution in [0.2, 0.25) is 5.02 Å². The fourth-order valence-electron chi connectivity index (χ4n) is 3.41. The zero-order chi connectivity index (χ0) is 21.3. The Morgan fingerprint density at radius 2 is 2.03 bits per heavy atom. The first-order valence-corrected chi connectivity index (χ1v) is 11.5. The van der Waals surface area contributed by atoms with Crippen molar-refractivity contribution in [3.05, 3.63) is 58.3 Å². The van der Waals surface area contributed by atoms with Crippen LogP contribution < -0.4 is 5.32 Å². The molecule has 160 valence electrons. The second-order valence-electron chi connectivity index (χ2n) is 6.91. The molecule has 0 aliphatic carbocycles. The molecular formula is C22H27ClN4O2S. The third-order valence-electron chi connectivity index (χ3n) is 5.01. The molecule has 2 aromatic heterocycles. The van der Waals surface area contributed by atoms with Crippen LogP contribution in [0.25, 0.3) is 10.7 Å². The molecule has 0 fully saturated rings. The highest BCUT2D eigenvalue weighted by Gasteiger charge is 2.21. The normalized spacial score (nSPS) is 12.3. The van der Waals surface area contributed by atoms with Gasteiger partial charge in [0.15, 0.2) is 0 Å². The minimum atomic E-state index is 0.0113. The lowest BCUT2D eigenvalue weighted by atomic mass is 10.0. The minimum Gasteiger partial charge on any atom is -0.354 e. The molecule has 3 rings (SSSR count). The van der Waals surface area contributed by atoms with Crippen molar-refractivity contribution in [3.63, 3.8) is 0 Å². The molecule has 1 amide bonds. The fraction of sp³-hybridized carbons (Fsp3) is 0.409. The summed E-state index contributed by atoms with van der Waals surface area (Å²) in [6, 6.07) is 11.8. The smallest absolute Gasteiger partial charge is 0.226 e. The molecule has 0 saturated carbocycles. The summed E-state index contributed by atoms with van der Waals surface area (Å²) in [6.07, 6.45) is 1.64. The zero-order valence-corrected chi connectivity index (χ0v) is 18.9. The van der Waals surface area contributed by atoms with E-state index in [1.807, 2.05) is 41.8 Å². The first-order valence-electron chi connectivity index (χ1n) is 10.2. The monoisotopic (exact) mass is 446 g/mol. The highest BCUT2D eigenvalue weighted by Crippen LogP contribution is 2.27. The Hall–Kier alpha value is -2.22. The van der Waals surface area contributed by atoms with Gasteiger partial charge in [0.1, 0.15) is 0 Å². The van der Waals surface area contributed by atoms with Crippen LogP contribution in [-0.4, -0.2) is 40.6 Å². The molecule has 0 aliphatic heterocycles. The third kappa shape index (κ3) is 5.90. The summed E-state index contributed by atoms with van der Waals surface area (Å²) in [7, 11) is 0. The van der Waals surface area contributed by atoms with E-state index in [1.165, 1.54) is 0 Å². The van der Waals surface area contributed by atoms with Crippen LogP contribution in [0.4, 0.5) is 0 Å². The van der Waals surface area contributed by atoms with Gasteiger partial charge >= 0.3 is 0 Å². The van der Waals surface area contributed by atoms with Crippen molar-refractivity contribution in [2.45, 2.75) is 39.2 Å². The molecule has 0 radical (unpaired) electrons. The van der Waals surface area contributed by atoms with Gasteiger partial charge < -0.3 is 9.84 Å². The van der Waals surface area contributed by atoms with Gasteiger partial charge in [-0.15, -0.1) is 11.3 Å². The SMILES string of the molecule is CCN(CC)C(CNC(=O)CCCc1nc(-c2cccs2)no1)c1ccccc1Cl. The number of nitrogens with zero attached hydrogens (tertiary/aromatic N) is 3. The lowest BCUT2D eigenvalue weighted by Crippen LogP contribution is -2.38. The van der Waals surface area contributed by atoms with Crippen molar-refractivity contribution in [1.82, 2.24) is 20.4 Å². The lowest BCUT2D eigenvalue weighted by molar-refractivity contribution is -0.121. The summed E-state index contributed by atoms with van der Waals surface area (Å²) < 4.78 is 5.29. The molecule has 0 spiro atoms. The first-order chi connectivity index (χ1) is 14.6. The standard InChI is InChI=1S/C22H27ClN4O2S/c1-3-27(4-2)18(16-9-5-6-10-17(16)23)15-24-20(28)12-7-13-21-25-22(26-29-21)19-11-8-14-30-19/h5-6,8-11,14,18H,3-4,7,12-13,15H2,1-2H3,(H,24,28). The third-order valence-corrected chi connectivity index (χ3v) is 6.22. The summed E-state index contributed by atoms with van der Waals surface area (Å²) in [5, 5.41) is 9.77. The fourth-order valence-corrected chi connectivity index (χ4v) is 4.32. The van der Waals surface area contributed by atoms with Gasteiger partial charge in [-0.1, -0.05) is 54.9 Å². The minimum absolute atomic E-state index is 0.0113. The van der Waals surface area contributed by atoms with Gasteiger partial charge in [-0.25, -0.2) is 0 Å². The average Bonchev–Trinajstić information content (AvgIpc) is 3.44. The summed E-state index contributed by atoms with van der Waals surface area (Å²) >= 11 is 7.99. The van der Waals surface area contributed by atoms with Crippen LogP contribution in [-0.2, 0) is 11.2 Å². The molecule has 6 nitrogen and oxygen atoms in total. The van der Waals surface area contributed by atoms with Gasteiger partial charge in [0.2, 0.25) is 17.6 Å². The Bertz CT molecular complexity index is 925. The number of thiophene rings is 1. The Labute approximate surface area is 186 Å². The number of hydrogen-bond acceptors (Lipinski definition) is 6. The second-order valence-corrected chi connectivity index (χ2v) is 8.26. The Morgan fingerprint density at radius 1 is 1.23 bits per heavy atom. The topological polar surface area (TPSA) is 71.3 Å². The van der Waals surface area contributed by atoms with Gasteiger partial charge in [0, 0.05) is 24.4 Å². The van der Waals surface area contributed by atoms with Crippen molar-refractivity contribution in [2.24, 2.45) is 0 Å². The van der Waals surface area contributed by atoms with Crippen molar-refractivity contribution < 1.29 is 9.32 Å². The summed E-state index contributed by atoms with van der Waals surface area (Å²) in [5.74, 6) is 1.17. The number of likely N-dealkylation sites (N-methyl/N-ethyl adjacent to an activating group) is 1. The highest BCUT2D eigenvalue weighted by atomic mass is 35.5. The Kier molecular flexibility index (Phi) is 8.42. The second kappa shape index (κ2) is 11.2. The van der Waals surface area contributed by atoms with E-state index >= 15 is 0 Å². The van der Waals surface area contributed by atoms with Crippen LogP contribution >= 0.6 is 22.9 Å². The van der Waals surface area contributed by atoms with Crippen LogP contribution in [0.5, 0.6) is 0 Å². The molecule has 1 unspecified atom stereocenters. The summed E-state index contributed by atoms with van der Waals surface area (Å²) in [4.78, 5) is 20.1. The number of benzene rings is 1. The number of carbonyl (C=O) groups is 1. The van der Waals surface area contributed by atoms with Crippen LogP contribution in [0.3, 0.4) is 0 Å². The molecule has 8 heteroatoms. The molecular weight excluding hydrogens is 420 g/mol. The van der Waals surface area contributed by atoms with Crippen molar-refractivity contribution in [2.75, 3.05) is 19.6 Å². The first kappa shape index (κ1) is 22.5. The van der Waals surface area contributed by atoms with Crippen LogP contribution in [0.15, 0.2) is 46.3 Å². The molecule has 0 saturated heterocycles. The van der Waals surface area contributed by atoms with Crippen LogP contribution in [0, 0.1) is 0 Å². The summed E-state index contributed by atoms with van der Waals surface area (Å²) in [5.41, 5.74) is 1.04. The number of rotatable bonds is 11. The average molecular weight is 447 g/mol. The molecule has 30 heavy (non-hydrogen) atoms. The quantitative estimate of drug-likeness (QED) is 0.450. The van der Waals surface area contributed by atoms with E-state index in [4.69, 9.17) is 16.1 Å². The number of hydrogen-bond donors (Lipinski definition) is 1. The molecule has 1 N–H and O–H groups in total. The van der Waals surface area contributed by atoms with E-state index < -0.39 is 0 Å². The van der Waals surface area contributed by atoms with E-state index in [1.54, 1.807) is 11.3 Å². The number of aromatic nitrogens is 2. The predicted octanol–water partition coefficient (Wildman–Crippen LogP) is 4.97. The van der Waals surface area contributed by atoms with Gasteiger partial charge in [0.05, 0.1) is 10.9 Å². The number of nitrogens with one attached hydrogen (secondary N) is 1. The molecule has 1 aromatic carbocycles. The van der Waals surface area contributed by atoms with Gasteiger partial charge in [0.25, 0.3) is 0 Å².